The van der Waals surface area contributed by atoms with Crippen molar-refractivity contribution in [2.24, 2.45) is 0 Å². The number of carbonyl (C=O) groups excluding carboxylic acids is 1. The average Bonchev–Trinajstić information content (AvgIpc) is 2.30. The van der Waals surface area contributed by atoms with Crippen LogP contribution in [0.3, 0.4) is 0 Å². The van der Waals surface area contributed by atoms with Gasteiger partial charge in [0.1, 0.15) is 7.80 Å². The highest BCUT2D eigenvalue weighted by Gasteiger charge is 2.28. The Labute approximate surface area is 94.5 Å². The molecule has 16 heavy (non-hydrogen) atoms. The lowest BCUT2D eigenvalue weighted by molar-refractivity contribution is -0.109. The summed E-state index contributed by atoms with van der Waals surface area (Å²) in [6, 6.07) is 7.78. The van der Waals surface area contributed by atoms with Gasteiger partial charge in [-0.2, -0.15) is 0 Å². The molecule has 0 N–H and O–H groups in total. The van der Waals surface area contributed by atoms with Crippen molar-refractivity contribution in [1.29, 1.82) is 0 Å². The van der Waals surface area contributed by atoms with Gasteiger partial charge in [0.05, 0.1) is 0 Å². The second-order valence-corrected chi connectivity index (χ2v) is 5.88. The van der Waals surface area contributed by atoms with E-state index in [-0.39, 0.29) is 5.78 Å². The molecule has 1 atom stereocenters. The first kappa shape index (κ1) is 9.80. The predicted octanol–water partition coefficient (Wildman–Crippen LogP) is 3.00. The summed E-state index contributed by atoms with van der Waals surface area (Å²) in [6.07, 6.45) is 4.70. The number of allylic oxidation sites excluding steroid dienone is 4. The highest BCUT2D eigenvalue weighted by atomic mass is 31.1. The van der Waals surface area contributed by atoms with Crippen molar-refractivity contribution in [3.05, 3.63) is 52.9 Å². The highest BCUT2D eigenvalue weighted by molar-refractivity contribution is 7.49. The molecule has 0 saturated heterocycles. The number of hydrogen-bond donors (Lipinski definition) is 0. The molecule has 0 aromatic heterocycles. The second kappa shape index (κ2) is 3.57. The van der Waals surface area contributed by atoms with Crippen LogP contribution < -0.4 is 0 Å². The standard InChI is InChI=1S/C13H11O2P/c14-11-6-3-7-12-13(11)10-5-2-1-4-9(10)8-16(12)15/h1-6,16H,7-8H2. The average molecular weight is 230 g/mol. The summed E-state index contributed by atoms with van der Waals surface area (Å²) in [4.78, 5) is 11.9. The molecule has 1 aliphatic carbocycles. The number of rotatable bonds is 0. The maximum Gasteiger partial charge on any atom is 0.186 e. The summed E-state index contributed by atoms with van der Waals surface area (Å²) in [7, 11) is -1.78. The minimum atomic E-state index is -1.78. The zero-order valence-corrected chi connectivity index (χ0v) is 9.69. The number of ketones is 1. The van der Waals surface area contributed by atoms with Crippen LogP contribution in [0.5, 0.6) is 0 Å². The van der Waals surface area contributed by atoms with Gasteiger partial charge < -0.3 is 4.57 Å². The topological polar surface area (TPSA) is 34.1 Å². The summed E-state index contributed by atoms with van der Waals surface area (Å²) >= 11 is 0. The normalized spacial score (nSPS) is 23.0. The van der Waals surface area contributed by atoms with E-state index < -0.39 is 7.80 Å². The van der Waals surface area contributed by atoms with E-state index in [0.29, 0.717) is 18.2 Å². The zero-order valence-electron chi connectivity index (χ0n) is 8.69. The van der Waals surface area contributed by atoms with Gasteiger partial charge in [-0.1, -0.05) is 30.3 Å². The minimum absolute atomic E-state index is 0.00625. The Morgan fingerprint density at radius 2 is 2.00 bits per heavy atom. The van der Waals surface area contributed by atoms with Gasteiger partial charge in [0.25, 0.3) is 0 Å². The molecule has 80 valence electrons. The molecule has 1 heterocycles. The lowest BCUT2D eigenvalue weighted by Gasteiger charge is -2.23. The molecule has 0 saturated carbocycles. The van der Waals surface area contributed by atoms with E-state index in [1.54, 1.807) is 6.08 Å². The van der Waals surface area contributed by atoms with Gasteiger partial charge in [-0.3, -0.25) is 4.79 Å². The fourth-order valence-corrected chi connectivity index (χ4v) is 4.11. The third-order valence-electron chi connectivity index (χ3n) is 3.11. The summed E-state index contributed by atoms with van der Waals surface area (Å²) in [5.74, 6) is 0.00625. The fraction of sp³-hybridized carbons (Fsp3) is 0.154. The summed E-state index contributed by atoms with van der Waals surface area (Å²) in [6.45, 7) is 0. The van der Waals surface area contributed by atoms with Gasteiger partial charge in [-0.25, -0.2) is 0 Å². The quantitative estimate of drug-likeness (QED) is 0.642. The lowest BCUT2D eigenvalue weighted by atomic mass is 9.93. The van der Waals surface area contributed by atoms with Crippen molar-refractivity contribution in [1.82, 2.24) is 0 Å². The molecule has 0 fully saturated rings. The molecule has 0 radical (unpaired) electrons. The molecular weight excluding hydrogens is 219 g/mol. The van der Waals surface area contributed by atoms with Crippen molar-refractivity contribution in [2.45, 2.75) is 12.6 Å². The Balaban J connectivity index is 2.28. The van der Waals surface area contributed by atoms with Gasteiger partial charge in [-0.05, 0) is 23.6 Å². The number of fused-ring (bicyclic) bond motifs is 2. The molecule has 1 unspecified atom stereocenters. The number of hydrogen-bond acceptors (Lipinski definition) is 2. The first-order valence-electron chi connectivity index (χ1n) is 5.33. The van der Waals surface area contributed by atoms with Crippen molar-refractivity contribution in [3.8, 4) is 0 Å². The molecule has 1 aromatic rings. The minimum Gasteiger partial charge on any atom is -0.322 e. The Morgan fingerprint density at radius 3 is 2.88 bits per heavy atom. The van der Waals surface area contributed by atoms with Crippen LogP contribution in [0.1, 0.15) is 17.5 Å². The van der Waals surface area contributed by atoms with E-state index in [1.807, 2.05) is 30.3 Å². The van der Waals surface area contributed by atoms with Gasteiger partial charge in [0, 0.05) is 17.0 Å². The maximum absolute atomic E-state index is 12.1. The number of benzene rings is 1. The Bertz CT molecular complexity index is 567. The Kier molecular flexibility index (Phi) is 2.19. The Hall–Kier alpha value is -1.40. The van der Waals surface area contributed by atoms with Crippen LogP contribution in [0.25, 0.3) is 5.57 Å². The van der Waals surface area contributed by atoms with E-state index in [2.05, 4.69) is 0 Å². The molecule has 0 bridgehead atoms. The maximum atomic E-state index is 12.1. The molecule has 0 amide bonds. The summed E-state index contributed by atoms with van der Waals surface area (Å²) in [5, 5.41) is 0.871. The zero-order chi connectivity index (χ0) is 11.1. The largest absolute Gasteiger partial charge is 0.322 e. The van der Waals surface area contributed by atoms with Crippen LogP contribution >= 0.6 is 7.80 Å². The van der Waals surface area contributed by atoms with E-state index in [4.69, 9.17) is 0 Å². The van der Waals surface area contributed by atoms with Crippen LogP contribution in [0.2, 0.25) is 0 Å². The highest BCUT2D eigenvalue weighted by Crippen LogP contribution is 2.50. The van der Waals surface area contributed by atoms with Crippen molar-refractivity contribution in [3.63, 3.8) is 0 Å². The summed E-state index contributed by atoms with van der Waals surface area (Å²) in [5.41, 5.74) is 2.73. The van der Waals surface area contributed by atoms with Crippen molar-refractivity contribution in [2.75, 3.05) is 0 Å². The van der Waals surface area contributed by atoms with Gasteiger partial charge in [0.15, 0.2) is 5.78 Å². The monoisotopic (exact) mass is 230 g/mol. The van der Waals surface area contributed by atoms with E-state index >= 15 is 0 Å². The molecule has 3 rings (SSSR count). The van der Waals surface area contributed by atoms with Gasteiger partial charge >= 0.3 is 0 Å². The molecule has 0 spiro atoms. The van der Waals surface area contributed by atoms with Crippen LogP contribution in [0, 0.1) is 0 Å². The van der Waals surface area contributed by atoms with Crippen molar-refractivity contribution >= 4 is 19.2 Å². The fourth-order valence-electron chi connectivity index (χ4n) is 2.36. The van der Waals surface area contributed by atoms with Crippen molar-refractivity contribution < 1.29 is 9.36 Å². The van der Waals surface area contributed by atoms with Crippen LogP contribution in [-0.2, 0) is 15.5 Å². The predicted molar refractivity (Wildman–Crippen MR) is 64.8 cm³/mol. The van der Waals surface area contributed by atoms with E-state index in [1.165, 1.54) is 0 Å². The molecule has 1 aromatic carbocycles. The van der Waals surface area contributed by atoms with Crippen LogP contribution in [0.15, 0.2) is 41.7 Å². The van der Waals surface area contributed by atoms with Gasteiger partial charge in [-0.15, -0.1) is 0 Å². The third-order valence-corrected chi connectivity index (χ3v) is 4.94. The van der Waals surface area contributed by atoms with Crippen LogP contribution in [0.4, 0.5) is 0 Å². The SMILES string of the molecule is O=C1C=CCC2=C1c1ccccc1C[PH]2=O. The molecule has 2 aliphatic rings. The summed E-state index contributed by atoms with van der Waals surface area (Å²) < 4.78 is 12.1. The lowest BCUT2D eigenvalue weighted by Crippen LogP contribution is -2.10. The smallest absolute Gasteiger partial charge is 0.186 e. The number of carbonyl (C=O) groups is 1. The van der Waals surface area contributed by atoms with E-state index in [9.17, 15) is 9.36 Å². The third kappa shape index (κ3) is 1.34. The molecule has 3 heteroatoms. The molecular formula is C13H11O2P. The molecule has 2 nitrogen and oxygen atoms in total. The Morgan fingerprint density at radius 1 is 1.19 bits per heavy atom. The van der Waals surface area contributed by atoms with E-state index in [0.717, 1.165) is 16.4 Å². The first-order valence-corrected chi connectivity index (χ1v) is 6.94. The van der Waals surface area contributed by atoms with Gasteiger partial charge in [0.2, 0.25) is 0 Å². The second-order valence-electron chi connectivity index (χ2n) is 4.08. The van der Waals surface area contributed by atoms with Crippen LogP contribution in [-0.4, -0.2) is 5.78 Å². The first-order chi connectivity index (χ1) is 7.77. The molecule has 1 aliphatic heterocycles.